The molecule has 2 aromatic rings. The molecule has 0 spiro atoms. The molecular weight excluding hydrogens is 313 g/mol. The van der Waals surface area contributed by atoms with Crippen LogP contribution in [-0.2, 0) is 6.54 Å². The summed E-state index contributed by atoms with van der Waals surface area (Å²) in [5.74, 6) is 2.08. The number of hydrogen-bond donors (Lipinski definition) is 2. The minimum atomic E-state index is -0.673. The largest absolute Gasteiger partial charge is 0.488 e. The van der Waals surface area contributed by atoms with Crippen LogP contribution in [0.25, 0.3) is 0 Å². The number of aliphatic hydroxyl groups excluding tert-OH is 1. The summed E-state index contributed by atoms with van der Waals surface area (Å²) in [7, 11) is 0. The first-order valence-corrected chi connectivity index (χ1v) is 7.32. The van der Waals surface area contributed by atoms with Gasteiger partial charge in [0.1, 0.15) is 24.2 Å². The number of nitrogens with one attached hydrogen (secondary N) is 1. The van der Waals surface area contributed by atoms with Crippen molar-refractivity contribution in [3.8, 4) is 5.75 Å². The van der Waals surface area contributed by atoms with Crippen molar-refractivity contribution in [1.82, 2.24) is 5.32 Å². The lowest BCUT2D eigenvalue weighted by Crippen LogP contribution is -2.31. The highest BCUT2D eigenvalue weighted by molar-refractivity contribution is 6.37. The first-order valence-electron chi connectivity index (χ1n) is 6.57. The van der Waals surface area contributed by atoms with Gasteiger partial charge in [-0.05, 0) is 31.2 Å². The van der Waals surface area contributed by atoms with E-state index in [2.05, 4.69) is 5.32 Å². The monoisotopic (exact) mass is 329 g/mol. The van der Waals surface area contributed by atoms with Crippen LogP contribution in [0, 0.1) is 6.92 Å². The van der Waals surface area contributed by atoms with Gasteiger partial charge in [-0.25, -0.2) is 0 Å². The third kappa shape index (κ3) is 4.93. The van der Waals surface area contributed by atoms with Crippen molar-refractivity contribution in [2.24, 2.45) is 0 Å². The first-order chi connectivity index (χ1) is 10.1. The van der Waals surface area contributed by atoms with Gasteiger partial charge in [-0.1, -0.05) is 29.3 Å². The summed E-state index contributed by atoms with van der Waals surface area (Å²) in [5.41, 5.74) is 0. The minimum Gasteiger partial charge on any atom is -0.488 e. The molecule has 1 heterocycles. The van der Waals surface area contributed by atoms with Crippen molar-refractivity contribution in [2.45, 2.75) is 19.6 Å². The molecule has 1 atom stereocenters. The lowest BCUT2D eigenvalue weighted by molar-refractivity contribution is 0.106. The SMILES string of the molecule is Cc1ccc(CNCC(O)COc2c(Cl)cccc2Cl)o1. The van der Waals surface area contributed by atoms with Gasteiger partial charge in [-0.15, -0.1) is 0 Å². The van der Waals surface area contributed by atoms with Crippen molar-refractivity contribution >= 4 is 23.2 Å². The zero-order valence-electron chi connectivity index (χ0n) is 11.6. The fourth-order valence-electron chi connectivity index (χ4n) is 1.80. The number of rotatable bonds is 7. The summed E-state index contributed by atoms with van der Waals surface area (Å²) in [4.78, 5) is 0. The maximum Gasteiger partial charge on any atom is 0.156 e. The molecule has 0 saturated heterocycles. The lowest BCUT2D eigenvalue weighted by Gasteiger charge is -2.14. The molecule has 1 unspecified atom stereocenters. The number of aryl methyl sites for hydroxylation is 1. The third-order valence-electron chi connectivity index (χ3n) is 2.81. The van der Waals surface area contributed by atoms with E-state index in [0.717, 1.165) is 11.5 Å². The van der Waals surface area contributed by atoms with Gasteiger partial charge in [-0.2, -0.15) is 0 Å². The Balaban J connectivity index is 1.73. The molecule has 0 aliphatic carbocycles. The van der Waals surface area contributed by atoms with Crippen LogP contribution in [0.2, 0.25) is 10.0 Å². The van der Waals surface area contributed by atoms with E-state index in [-0.39, 0.29) is 6.61 Å². The van der Waals surface area contributed by atoms with E-state index in [0.29, 0.717) is 28.9 Å². The van der Waals surface area contributed by atoms with Crippen LogP contribution in [0.1, 0.15) is 11.5 Å². The van der Waals surface area contributed by atoms with E-state index >= 15 is 0 Å². The molecule has 0 fully saturated rings. The molecule has 1 aromatic carbocycles. The number of halogens is 2. The molecule has 114 valence electrons. The van der Waals surface area contributed by atoms with Crippen LogP contribution in [0.3, 0.4) is 0 Å². The van der Waals surface area contributed by atoms with Gasteiger partial charge in [-0.3, -0.25) is 0 Å². The average molecular weight is 330 g/mol. The summed E-state index contributed by atoms with van der Waals surface area (Å²) in [5, 5.41) is 13.8. The number of ether oxygens (including phenoxy) is 1. The molecule has 2 rings (SSSR count). The number of aliphatic hydroxyl groups is 1. The summed E-state index contributed by atoms with van der Waals surface area (Å²) in [6.45, 7) is 2.92. The molecule has 0 bridgehead atoms. The normalized spacial score (nSPS) is 12.4. The van der Waals surface area contributed by atoms with Crippen molar-refractivity contribution in [3.05, 3.63) is 51.9 Å². The standard InChI is InChI=1S/C15H17Cl2NO3/c1-10-5-6-12(21-10)8-18-7-11(19)9-20-15-13(16)3-2-4-14(15)17/h2-6,11,18-19H,7-9H2,1H3. The van der Waals surface area contributed by atoms with Gasteiger partial charge >= 0.3 is 0 Å². The maximum atomic E-state index is 9.87. The van der Waals surface area contributed by atoms with Gasteiger partial charge < -0.3 is 19.6 Å². The molecule has 21 heavy (non-hydrogen) atoms. The molecule has 0 saturated carbocycles. The lowest BCUT2D eigenvalue weighted by atomic mass is 10.3. The molecular formula is C15H17Cl2NO3. The number of benzene rings is 1. The maximum absolute atomic E-state index is 9.87. The Morgan fingerprint density at radius 3 is 2.57 bits per heavy atom. The highest BCUT2D eigenvalue weighted by Gasteiger charge is 2.10. The Labute approximate surface area is 133 Å². The highest BCUT2D eigenvalue weighted by Crippen LogP contribution is 2.32. The zero-order valence-corrected chi connectivity index (χ0v) is 13.1. The second-order valence-corrected chi connectivity index (χ2v) is 5.47. The average Bonchev–Trinajstić information content (AvgIpc) is 2.84. The van der Waals surface area contributed by atoms with Crippen molar-refractivity contribution < 1.29 is 14.3 Å². The highest BCUT2D eigenvalue weighted by atomic mass is 35.5. The van der Waals surface area contributed by atoms with E-state index in [9.17, 15) is 5.11 Å². The Morgan fingerprint density at radius 2 is 1.95 bits per heavy atom. The van der Waals surface area contributed by atoms with Crippen molar-refractivity contribution in [1.29, 1.82) is 0 Å². The molecule has 4 nitrogen and oxygen atoms in total. The first kappa shape index (κ1) is 16.2. The van der Waals surface area contributed by atoms with Crippen LogP contribution in [0.15, 0.2) is 34.7 Å². The number of furan rings is 1. The smallest absolute Gasteiger partial charge is 0.156 e. The third-order valence-corrected chi connectivity index (χ3v) is 3.41. The van der Waals surface area contributed by atoms with Crippen LogP contribution in [0.4, 0.5) is 0 Å². The Hall–Kier alpha value is -1.20. The van der Waals surface area contributed by atoms with E-state index in [4.69, 9.17) is 32.4 Å². The fraction of sp³-hybridized carbons (Fsp3) is 0.333. The van der Waals surface area contributed by atoms with Gasteiger partial charge in [0.2, 0.25) is 0 Å². The zero-order chi connectivity index (χ0) is 15.2. The Morgan fingerprint density at radius 1 is 1.24 bits per heavy atom. The molecule has 6 heteroatoms. The summed E-state index contributed by atoms with van der Waals surface area (Å²) < 4.78 is 10.9. The van der Waals surface area contributed by atoms with Gasteiger partial charge in [0, 0.05) is 6.54 Å². The topological polar surface area (TPSA) is 54.6 Å². The second-order valence-electron chi connectivity index (χ2n) is 4.66. The van der Waals surface area contributed by atoms with Crippen LogP contribution in [0.5, 0.6) is 5.75 Å². The molecule has 0 amide bonds. The van der Waals surface area contributed by atoms with Crippen LogP contribution < -0.4 is 10.1 Å². The van der Waals surface area contributed by atoms with E-state index in [1.54, 1.807) is 18.2 Å². The Bertz CT molecular complexity index is 566. The second kappa shape index (κ2) is 7.71. The molecule has 0 aliphatic rings. The molecule has 0 aliphatic heterocycles. The molecule has 2 N–H and O–H groups in total. The van der Waals surface area contributed by atoms with Crippen molar-refractivity contribution in [3.63, 3.8) is 0 Å². The van der Waals surface area contributed by atoms with Crippen LogP contribution in [-0.4, -0.2) is 24.4 Å². The van der Waals surface area contributed by atoms with Gasteiger partial charge in [0.05, 0.1) is 16.6 Å². The van der Waals surface area contributed by atoms with E-state index in [1.165, 1.54) is 0 Å². The fourth-order valence-corrected chi connectivity index (χ4v) is 2.31. The van der Waals surface area contributed by atoms with Crippen molar-refractivity contribution in [2.75, 3.05) is 13.2 Å². The van der Waals surface area contributed by atoms with Gasteiger partial charge in [0.25, 0.3) is 0 Å². The number of para-hydroxylation sites is 1. The van der Waals surface area contributed by atoms with Gasteiger partial charge in [0.15, 0.2) is 5.75 Å². The predicted octanol–water partition coefficient (Wildman–Crippen LogP) is 3.42. The van der Waals surface area contributed by atoms with E-state index in [1.807, 2.05) is 19.1 Å². The quantitative estimate of drug-likeness (QED) is 0.817. The number of hydrogen-bond acceptors (Lipinski definition) is 4. The Kier molecular flexibility index (Phi) is 5.94. The van der Waals surface area contributed by atoms with E-state index < -0.39 is 6.10 Å². The molecule has 1 aromatic heterocycles. The molecule has 0 radical (unpaired) electrons. The summed E-state index contributed by atoms with van der Waals surface area (Å²) in [6, 6.07) is 8.91. The summed E-state index contributed by atoms with van der Waals surface area (Å²) >= 11 is 12.0. The summed E-state index contributed by atoms with van der Waals surface area (Å²) in [6.07, 6.45) is -0.673. The van der Waals surface area contributed by atoms with Crippen LogP contribution >= 0.6 is 23.2 Å². The predicted molar refractivity (Wildman–Crippen MR) is 83.1 cm³/mol. The minimum absolute atomic E-state index is 0.105.